The SMILES string of the molecule is CN1C(=O)[C@@H]2CCN(CCO)C[C@H]2C1=O. The number of rotatable bonds is 2. The first kappa shape index (κ1) is 10.6. The zero-order chi connectivity index (χ0) is 11.0. The number of hydrogen-bond donors (Lipinski definition) is 1. The fourth-order valence-electron chi connectivity index (χ4n) is 2.52. The lowest BCUT2D eigenvalue weighted by Crippen LogP contribution is -2.42. The van der Waals surface area contributed by atoms with Gasteiger partial charge < -0.3 is 10.0 Å². The lowest BCUT2D eigenvalue weighted by atomic mass is 9.88. The summed E-state index contributed by atoms with van der Waals surface area (Å²) >= 11 is 0. The molecule has 2 atom stereocenters. The maximum Gasteiger partial charge on any atom is 0.234 e. The number of hydrogen-bond acceptors (Lipinski definition) is 4. The Morgan fingerprint density at radius 1 is 1.33 bits per heavy atom. The highest BCUT2D eigenvalue weighted by Crippen LogP contribution is 2.32. The van der Waals surface area contributed by atoms with Gasteiger partial charge in [0, 0.05) is 20.1 Å². The Bertz CT molecular complexity index is 292. The number of likely N-dealkylation sites (tertiary alicyclic amines) is 2. The molecule has 0 aromatic carbocycles. The Balaban J connectivity index is 2.08. The van der Waals surface area contributed by atoms with Crippen molar-refractivity contribution in [3.63, 3.8) is 0 Å². The van der Waals surface area contributed by atoms with E-state index < -0.39 is 0 Å². The molecular weight excluding hydrogens is 196 g/mol. The minimum atomic E-state index is -0.178. The molecule has 2 heterocycles. The molecule has 5 nitrogen and oxygen atoms in total. The molecular formula is C10H16N2O3. The quantitative estimate of drug-likeness (QED) is 0.591. The molecule has 2 aliphatic rings. The topological polar surface area (TPSA) is 60.9 Å². The Morgan fingerprint density at radius 2 is 2.00 bits per heavy atom. The predicted octanol–water partition coefficient (Wildman–Crippen LogP) is -1.08. The van der Waals surface area contributed by atoms with Gasteiger partial charge in [-0.05, 0) is 13.0 Å². The summed E-state index contributed by atoms with van der Waals surface area (Å²) < 4.78 is 0. The Hall–Kier alpha value is -0.940. The van der Waals surface area contributed by atoms with E-state index in [9.17, 15) is 9.59 Å². The van der Waals surface area contributed by atoms with Gasteiger partial charge in [0.25, 0.3) is 0 Å². The van der Waals surface area contributed by atoms with Gasteiger partial charge in [-0.3, -0.25) is 14.5 Å². The molecule has 0 unspecified atom stereocenters. The third-order valence-corrected chi connectivity index (χ3v) is 3.41. The van der Waals surface area contributed by atoms with Crippen molar-refractivity contribution in [1.29, 1.82) is 0 Å². The summed E-state index contributed by atoms with van der Waals surface area (Å²) in [5.41, 5.74) is 0. The summed E-state index contributed by atoms with van der Waals surface area (Å²) in [6, 6.07) is 0. The van der Waals surface area contributed by atoms with Crippen molar-refractivity contribution >= 4 is 11.8 Å². The zero-order valence-electron chi connectivity index (χ0n) is 8.85. The van der Waals surface area contributed by atoms with E-state index in [0.29, 0.717) is 13.1 Å². The van der Waals surface area contributed by atoms with E-state index in [1.165, 1.54) is 4.90 Å². The Labute approximate surface area is 88.6 Å². The summed E-state index contributed by atoms with van der Waals surface area (Å²) in [4.78, 5) is 26.7. The predicted molar refractivity (Wildman–Crippen MR) is 52.9 cm³/mol. The molecule has 0 saturated carbocycles. The van der Waals surface area contributed by atoms with Crippen molar-refractivity contribution in [2.75, 3.05) is 33.3 Å². The normalized spacial score (nSPS) is 32.3. The smallest absolute Gasteiger partial charge is 0.234 e. The summed E-state index contributed by atoms with van der Waals surface area (Å²) in [6.45, 7) is 2.11. The van der Waals surface area contributed by atoms with Crippen molar-refractivity contribution in [2.45, 2.75) is 6.42 Å². The average Bonchev–Trinajstić information content (AvgIpc) is 2.45. The van der Waals surface area contributed by atoms with Crippen LogP contribution in [0.5, 0.6) is 0 Å². The van der Waals surface area contributed by atoms with E-state index in [2.05, 4.69) is 0 Å². The van der Waals surface area contributed by atoms with Crippen molar-refractivity contribution in [3.05, 3.63) is 0 Å². The van der Waals surface area contributed by atoms with Crippen LogP contribution in [0.4, 0.5) is 0 Å². The monoisotopic (exact) mass is 212 g/mol. The van der Waals surface area contributed by atoms with E-state index in [1.54, 1.807) is 7.05 Å². The van der Waals surface area contributed by atoms with Gasteiger partial charge in [-0.1, -0.05) is 0 Å². The summed E-state index contributed by atoms with van der Waals surface area (Å²) in [7, 11) is 1.55. The van der Waals surface area contributed by atoms with Gasteiger partial charge in [0.05, 0.1) is 18.4 Å². The van der Waals surface area contributed by atoms with Gasteiger partial charge in [0.2, 0.25) is 11.8 Å². The molecule has 0 aromatic heterocycles. The summed E-state index contributed by atoms with van der Waals surface area (Å²) in [5.74, 6) is -0.387. The zero-order valence-corrected chi connectivity index (χ0v) is 8.85. The Kier molecular flexibility index (Phi) is 2.75. The molecule has 0 bridgehead atoms. The Morgan fingerprint density at radius 3 is 2.67 bits per heavy atom. The fourth-order valence-corrected chi connectivity index (χ4v) is 2.52. The van der Waals surface area contributed by atoms with Gasteiger partial charge >= 0.3 is 0 Å². The number of aliphatic hydroxyl groups excluding tert-OH is 1. The van der Waals surface area contributed by atoms with Crippen LogP contribution in [0, 0.1) is 11.8 Å². The van der Waals surface area contributed by atoms with Crippen LogP contribution in [-0.2, 0) is 9.59 Å². The molecule has 2 amide bonds. The van der Waals surface area contributed by atoms with Gasteiger partial charge in [0.1, 0.15) is 0 Å². The number of aliphatic hydroxyl groups is 1. The molecule has 84 valence electrons. The molecule has 1 N–H and O–H groups in total. The molecule has 2 saturated heterocycles. The number of β-amino-alcohol motifs (C(OH)–C–C–N with tert-alkyl or cyclic N) is 1. The third-order valence-electron chi connectivity index (χ3n) is 3.41. The van der Waals surface area contributed by atoms with Crippen molar-refractivity contribution < 1.29 is 14.7 Å². The van der Waals surface area contributed by atoms with E-state index in [4.69, 9.17) is 5.11 Å². The van der Waals surface area contributed by atoms with Crippen LogP contribution in [0.3, 0.4) is 0 Å². The molecule has 5 heteroatoms. The van der Waals surface area contributed by atoms with Crippen LogP contribution in [0.2, 0.25) is 0 Å². The maximum atomic E-state index is 11.7. The number of carbonyl (C=O) groups excluding carboxylic acids is 2. The number of carbonyl (C=O) groups is 2. The molecule has 0 aromatic rings. The van der Waals surface area contributed by atoms with E-state index in [0.717, 1.165) is 13.0 Å². The van der Waals surface area contributed by atoms with Crippen LogP contribution in [0.15, 0.2) is 0 Å². The van der Waals surface area contributed by atoms with Gasteiger partial charge in [-0.25, -0.2) is 0 Å². The fraction of sp³-hybridized carbons (Fsp3) is 0.800. The minimum Gasteiger partial charge on any atom is -0.395 e. The van der Waals surface area contributed by atoms with Gasteiger partial charge in [-0.2, -0.15) is 0 Å². The van der Waals surface area contributed by atoms with Crippen molar-refractivity contribution in [3.8, 4) is 0 Å². The molecule has 2 rings (SSSR count). The molecule has 15 heavy (non-hydrogen) atoms. The lowest BCUT2D eigenvalue weighted by Gasteiger charge is -2.31. The first-order valence-corrected chi connectivity index (χ1v) is 5.29. The van der Waals surface area contributed by atoms with Crippen LogP contribution in [0.1, 0.15) is 6.42 Å². The van der Waals surface area contributed by atoms with Crippen molar-refractivity contribution in [2.24, 2.45) is 11.8 Å². The number of amides is 2. The van der Waals surface area contributed by atoms with Crippen LogP contribution >= 0.6 is 0 Å². The molecule has 2 aliphatic heterocycles. The first-order valence-electron chi connectivity index (χ1n) is 5.29. The number of piperidine rings is 1. The second-order valence-corrected chi connectivity index (χ2v) is 4.26. The highest BCUT2D eigenvalue weighted by Gasteiger charge is 2.47. The van der Waals surface area contributed by atoms with Crippen LogP contribution in [0.25, 0.3) is 0 Å². The minimum absolute atomic E-state index is 0.0337. The summed E-state index contributed by atoms with van der Waals surface area (Å²) in [5, 5.41) is 8.82. The molecule has 0 aliphatic carbocycles. The third kappa shape index (κ3) is 1.66. The van der Waals surface area contributed by atoms with E-state index in [1.807, 2.05) is 4.90 Å². The number of imide groups is 1. The largest absolute Gasteiger partial charge is 0.395 e. The average molecular weight is 212 g/mol. The van der Waals surface area contributed by atoms with Gasteiger partial charge in [-0.15, -0.1) is 0 Å². The summed E-state index contributed by atoms with van der Waals surface area (Å²) in [6.07, 6.45) is 0.736. The van der Waals surface area contributed by atoms with Crippen LogP contribution < -0.4 is 0 Å². The molecule has 2 fully saturated rings. The van der Waals surface area contributed by atoms with Crippen LogP contribution in [-0.4, -0.2) is 60.0 Å². The number of fused-ring (bicyclic) bond motifs is 1. The highest BCUT2D eigenvalue weighted by molar-refractivity contribution is 6.05. The second kappa shape index (κ2) is 3.90. The second-order valence-electron chi connectivity index (χ2n) is 4.26. The van der Waals surface area contributed by atoms with Crippen molar-refractivity contribution in [1.82, 2.24) is 9.80 Å². The highest BCUT2D eigenvalue weighted by atomic mass is 16.3. The molecule has 0 spiro atoms. The molecule has 0 radical (unpaired) electrons. The lowest BCUT2D eigenvalue weighted by molar-refractivity contribution is -0.138. The van der Waals surface area contributed by atoms with Gasteiger partial charge in [0.15, 0.2) is 0 Å². The standard InChI is InChI=1S/C10H16N2O3/c1-11-9(14)7-2-3-12(4-5-13)6-8(7)10(11)15/h7-8,13H,2-6H2,1H3/t7-,8-/m1/s1. The maximum absolute atomic E-state index is 11.7. The first-order chi connectivity index (χ1) is 7.15. The number of nitrogens with zero attached hydrogens (tertiary/aromatic N) is 2. The van der Waals surface area contributed by atoms with E-state index in [-0.39, 0.29) is 30.3 Å². The van der Waals surface area contributed by atoms with E-state index >= 15 is 0 Å².